The first-order chi connectivity index (χ1) is 9.53. The van der Waals surface area contributed by atoms with Crippen LogP contribution in [0.25, 0.3) is 0 Å². The maximum Gasteiger partial charge on any atom is 0.649 e. The van der Waals surface area contributed by atoms with Gasteiger partial charge in [0.25, 0.3) is 11.4 Å². The van der Waals surface area contributed by atoms with Gasteiger partial charge in [-0.05, 0) is 22.0 Å². The Kier molecular flexibility index (Phi) is 4.12. The summed E-state index contributed by atoms with van der Waals surface area (Å²) in [6.07, 6.45) is 0. The van der Waals surface area contributed by atoms with Crippen LogP contribution < -0.4 is 0 Å². The van der Waals surface area contributed by atoms with Crippen LogP contribution in [0.15, 0.2) is 16.6 Å². The van der Waals surface area contributed by atoms with Crippen molar-refractivity contribution in [1.29, 1.82) is 0 Å². The maximum absolute atomic E-state index is 14.0. The van der Waals surface area contributed by atoms with Crippen LogP contribution in [0.1, 0.15) is 5.56 Å². The van der Waals surface area contributed by atoms with E-state index in [-0.39, 0.29) is 12.1 Å². The van der Waals surface area contributed by atoms with Gasteiger partial charge in [0, 0.05) is 0 Å². The number of halogens is 2. The summed E-state index contributed by atoms with van der Waals surface area (Å²) in [5, 5.41) is 42.5. The summed E-state index contributed by atoms with van der Waals surface area (Å²) >= 11 is 2.55. The number of nitrogens with zero attached hydrogens (tertiary/aromatic N) is 4. The largest absolute Gasteiger partial charge is 0.649 e. The molecule has 0 aliphatic carbocycles. The lowest BCUT2D eigenvalue weighted by Crippen LogP contribution is -2.39. The zero-order valence-electron chi connectivity index (χ0n) is 9.47. The third-order valence-electron chi connectivity index (χ3n) is 2.29. The van der Waals surface area contributed by atoms with E-state index >= 15 is 0 Å². The molecule has 0 aliphatic heterocycles. The first kappa shape index (κ1) is 16.3. The number of nitro groups is 4. The van der Waals surface area contributed by atoms with Gasteiger partial charge >= 0.3 is 5.92 Å². The Bertz CT molecular complexity index is 665. The molecule has 0 amide bonds. The number of hydrogen-bond donors (Lipinski definition) is 0. The van der Waals surface area contributed by atoms with Crippen molar-refractivity contribution in [3.63, 3.8) is 0 Å². The molecule has 0 atom stereocenters. The lowest BCUT2D eigenvalue weighted by Gasteiger charge is -2.09. The molecule has 21 heavy (non-hydrogen) atoms. The van der Waals surface area contributed by atoms with Crippen molar-refractivity contribution in [2.75, 3.05) is 0 Å². The standard InChI is InChI=1S/C7H2BrFN4O8/c8-4-1-3(7(9,12(18)19)13(20)21)5(10(14)15)2-6(4)11(16)17/h1-2H. The monoisotopic (exact) mass is 368 g/mol. The molecule has 0 saturated heterocycles. The van der Waals surface area contributed by atoms with E-state index < -0.39 is 47.0 Å². The molecule has 112 valence electrons. The predicted molar refractivity (Wildman–Crippen MR) is 64.2 cm³/mol. The van der Waals surface area contributed by atoms with Gasteiger partial charge in [0.2, 0.25) is 5.56 Å². The summed E-state index contributed by atoms with van der Waals surface area (Å²) < 4.78 is 13.4. The minimum atomic E-state index is -4.51. The molecule has 0 aliphatic rings. The quantitative estimate of drug-likeness (QED) is 0.327. The molecule has 0 aromatic heterocycles. The minimum absolute atomic E-state index is 0.195. The van der Waals surface area contributed by atoms with E-state index in [0.717, 1.165) is 0 Å². The average Bonchev–Trinajstić information content (AvgIpc) is 2.35. The van der Waals surface area contributed by atoms with Crippen LogP contribution in [0.4, 0.5) is 15.8 Å². The summed E-state index contributed by atoms with van der Waals surface area (Å²) in [4.78, 5) is 36.1. The Balaban J connectivity index is 3.82. The second-order valence-electron chi connectivity index (χ2n) is 3.44. The fourth-order valence-electron chi connectivity index (χ4n) is 1.36. The van der Waals surface area contributed by atoms with Crippen molar-refractivity contribution in [3.8, 4) is 0 Å². The molecule has 0 saturated carbocycles. The summed E-state index contributed by atoms with van der Waals surface area (Å²) in [5.74, 6) is -4.51. The van der Waals surface area contributed by atoms with E-state index in [1.807, 2.05) is 0 Å². The second kappa shape index (κ2) is 5.31. The second-order valence-corrected chi connectivity index (χ2v) is 4.29. The summed E-state index contributed by atoms with van der Waals surface area (Å²) in [5.41, 5.74) is -3.90. The number of hydrogen-bond acceptors (Lipinski definition) is 8. The van der Waals surface area contributed by atoms with E-state index in [0.29, 0.717) is 0 Å². The number of benzene rings is 1. The summed E-state index contributed by atoms with van der Waals surface area (Å²) in [6, 6.07) is 0.461. The zero-order chi connectivity index (χ0) is 16.5. The number of alkyl halides is 1. The van der Waals surface area contributed by atoms with Gasteiger partial charge in [-0.15, -0.1) is 0 Å². The lowest BCUT2D eigenvalue weighted by molar-refractivity contribution is -0.846. The van der Waals surface area contributed by atoms with Crippen molar-refractivity contribution < 1.29 is 24.1 Å². The van der Waals surface area contributed by atoms with Crippen molar-refractivity contribution in [2.24, 2.45) is 0 Å². The molecule has 1 aromatic carbocycles. The molecule has 0 fully saturated rings. The van der Waals surface area contributed by atoms with E-state index in [1.54, 1.807) is 0 Å². The Morgan fingerprint density at radius 2 is 1.33 bits per heavy atom. The van der Waals surface area contributed by atoms with Crippen LogP contribution in [0.2, 0.25) is 0 Å². The van der Waals surface area contributed by atoms with Crippen LogP contribution in [-0.4, -0.2) is 19.7 Å². The van der Waals surface area contributed by atoms with Crippen LogP contribution in [0.3, 0.4) is 0 Å². The van der Waals surface area contributed by atoms with Gasteiger partial charge in [-0.25, -0.2) is 0 Å². The molecule has 14 heteroatoms. The van der Waals surface area contributed by atoms with E-state index in [4.69, 9.17) is 0 Å². The van der Waals surface area contributed by atoms with Gasteiger partial charge in [-0.2, -0.15) is 0 Å². The van der Waals surface area contributed by atoms with Gasteiger partial charge in [0.1, 0.15) is 9.85 Å². The molecule has 1 aromatic rings. The molecule has 0 spiro atoms. The van der Waals surface area contributed by atoms with E-state index in [1.165, 1.54) is 0 Å². The van der Waals surface area contributed by atoms with E-state index in [2.05, 4.69) is 15.9 Å². The molecule has 0 heterocycles. The first-order valence-corrected chi connectivity index (χ1v) is 5.43. The molecular weight excluding hydrogens is 367 g/mol. The van der Waals surface area contributed by atoms with Gasteiger partial charge in [-0.3, -0.25) is 40.5 Å². The summed E-state index contributed by atoms with van der Waals surface area (Å²) in [6.45, 7) is 0. The third-order valence-corrected chi connectivity index (χ3v) is 2.92. The summed E-state index contributed by atoms with van der Waals surface area (Å²) in [7, 11) is 0. The van der Waals surface area contributed by atoms with Gasteiger partial charge in [0.15, 0.2) is 0 Å². The van der Waals surface area contributed by atoms with Crippen molar-refractivity contribution in [3.05, 3.63) is 62.6 Å². The molecule has 0 N–H and O–H groups in total. The van der Waals surface area contributed by atoms with Crippen molar-refractivity contribution in [2.45, 2.75) is 5.92 Å². The smallest absolute Gasteiger partial charge is 0.258 e. The molecule has 0 radical (unpaired) electrons. The van der Waals surface area contributed by atoms with E-state index in [9.17, 15) is 44.8 Å². The molecule has 12 nitrogen and oxygen atoms in total. The average molecular weight is 369 g/mol. The fourth-order valence-corrected chi connectivity index (χ4v) is 1.85. The lowest BCUT2D eigenvalue weighted by atomic mass is 10.1. The maximum atomic E-state index is 14.0. The van der Waals surface area contributed by atoms with Crippen LogP contribution in [-0.2, 0) is 5.92 Å². The molecule has 1 rings (SSSR count). The fraction of sp³-hybridized carbons (Fsp3) is 0.143. The first-order valence-electron chi connectivity index (χ1n) is 4.64. The molecule has 0 unspecified atom stereocenters. The predicted octanol–water partition coefficient (Wildman–Crippen LogP) is 1.90. The van der Waals surface area contributed by atoms with Crippen molar-refractivity contribution >= 4 is 27.3 Å². The highest BCUT2D eigenvalue weighted by molar-refractivity contribution is 9.10. The van der Waals surface area contributed by atoms with Crippen molar-refractivity contribution in [1.82, 2.24) is 0 Å². The number of rotatable bonds is 5. The zero-order valence-corrected chi connectivity index (χ0v) is 11.1. The normalized spacial score (nSPS) is 11.0. The van der Waals surface area contributed by atoms with Crippen LogP contribution >= 0.6 is 15.9 Å². The molecular formula is C7H2BrFN4O8. The Morgan fingerprint density at radius 3 is 1.67 bits per heavy atom. The number of nitro benzene ring substituents is 2. The highest BCUT2D eigenvalue weighted by Crippen LogP contribution is 2.40. The van der Waals surface area contributed by atoms with Crippen LogP contribution in [0, 0.1) is 40.5 Å². The third kappa shape index (κ3) is 2.60. The Hall–Kier alpha value is -2.77. The molecule has 0 bridgehead atoms. The van der Waals surface area contributed by atoms with Gasteiger partial charge in [-0.1, -0.05) is 4.39 Å². The van der Waals surface area contributed by atoms with Gasteiger partial charge < -0.3 is 0 Å². The highest BCUT2D eigenvalue weighted by atomic mass is 79.9. The van der Waals surface area contributed by atoms with Crippen LogP contribution in [0.5, 0.6) is 0 Å². The minimum Gasteiger partial charge on any atom is -0.258 e. The highest BCUT2D eigenvalue weighted by Gasteiger charge is 2.64. The SMILES string of the molecule is O=[N+]([O-])c1cc([N+](=O)[O-])c(C(F)([N+](=O)[O-])[N+](=O)[O-])cc1Br. The van der Waals surface area contributed by atoms with Gasteiger partial charge in [0.05, 0.1) is 20.4 Å². The topological polar surface area (TPSA) is 173 Å². The Morgan fingerprint density at radius 1 is 0.905 bits per heavy atom. The Labute approximate surface area is 120 Å².